The molecule has 0 saturated heterocycles. The van der Waals surface area contributed by atoms with E-state index < -0.39 is 0 Å². The van der Waals surface area contributed by atoms with Gasteiger partial charge in [0.15, 0.2) is 0 Å². The van der Waals surface area contributed by atoms with Gasteiger partial charge in [-0.3, -0.25) is 0 Å². The molecule has 1 nitrogen and oxygen atoms in total. The lowest BCUT2D eigenvalue weighted by Crippen LogP contribution is -2.25. The lowest BCUT2D eigenvalue weighted by molar-refractivity contribution is 0.471. The molecule has 1 unspecified atom stereocenters. The van der Waals surface area contributed by atoms with Crippen LogP contribution in [0.2, 0.25) is 0 Å². The van der Waals surface area contributed by atoms with E-state index in [9.17, 15) is 0 Å². The summed E-state index contributed by atoms with van der Waals surface area (Å²) in [6, 6.07) is 10.7. The van der Waals surface area contributed by atoms with Gasteiger partial charge >= 0.3 is 0 Å². The van der Waals surface area contributed by atoms with Gasteiger partial charge in [-0.15, -0.1) is 0 Å². The Morgan fingerprint density at radius 2 is 1.94 bits per heavy atom. The second-order valence-electron chi connectivity index (χ2n) is 4.41. The monoisotopic (exact) mass is 281 g/mol. The first-order chi connectivity index (χ1) is 7.61. The zero-order valence-corrected chi connectivity index (χ0v) is 11.6. The van der Waals surface area contributed by atoms with Gasteiger partial charge in [-0.2, -0.15) is 0 Å². The lowest BCUT2D eigenvalue weighted by atomic mass is 9.88. The van der Waals surface area contributed by atoms with E-state index in [1.54, 1.807) is 0 Å². The van der Waals surface area contributed by atoms with Crippen LogP contribution in [0.3, 0.4) is 0 Å². The summed E-state index contributed by atoms with van der Waals surface area (Å²) >= 11 is 3.36. The molecule has 1 rings (SSSR count). The fourth-order valence-corrected chi connectivity index (χ4v) is 2.00. The van der Waals surface area contributed by atoms with Crippen LogP contribution >= 0.6 is 15.9 Å². The molecule has 0 heterocycles. The molecule has 0 aromatic heterocycles. The second-order valence-corrected chi connectivity index (χ2v) is 5.53. The lowest BCUT2D eigenvalue weighted by Gasteiger charge is -2.21. The average molecular weight is 282 g/mol. The van der Waals surface area contributed by atoms with Gasteiger partial charge in [-0.1, -0.05) is 66.7 Å². The Labute approximate surface area is 107 Å². The number of halogens is 1. The third kappa shape index (κ3) is 4.50. The number of benzene rings is 1. The summed E-state index contributed by atoms with van der Waals surface area (Å²) in [6.45, 7) is 10.2. The van der Waals surface area contributed by atoms with Crippen molar-refractivity contribution in [3.8, 4) is 0 Å². The van der Waals surface area contributed by atoms with E-state index in [2.05, 4.69) is 72.0 Å². The van der Waals surface area contributed by atoms with Gasteiger partial charge in [0.1, 0.15) is 0 Å². The van der Waals surface area contributed by atoms with Crippen molar-refractivity contribution in [3.63, 3.8) is 0 Å². The minimum absolute atomic E-state index is 0.563. The van der Waals surface area contributed by atoms with Crippen LogP contribution < -0.4 is 5.32 Å². The zero-order chi connectivity index (χ0) is 12.0. The fraction of sp³-hybridized carbons (Fsp3) is 0.429. The first-order valence-corrected chi connectivity index (χ1v) is 6.49. The molecule has 0 bridgehead atoms. The maximum absolute atomic E-state index is 3.82. The standard InChI is InChI=1S/C14H20BrN/c1-11(2)14(10-16-9-12(3)15)13-7-5-4-6-8-13/h4-8,11,14,16H,3,9-10H2,1-2H3. The van der Waals surface area contributed by atoms with E-state index >= 15 is 0 Å². The smallest absolute Gasteiger partial charge is 0.0265 e. The topological polar surface area (TPSA) is 12.0 Å². The van der Waals surface area contributed by atoms with Gasteiger partial charge in [0.2, 0.25) is 0 Å². The van der Waals surface area contributed by atoms with Crippen molar-refractivity contribution in [2.24, 2.45) is 5.92 Å². The molecule has 16 heavy (non-hydrogen) atoms. The first-order valence-electron chi connectivity index (χ1n) is 5.70. The van der Waals surface area contributed by atoms with E-state index in [1.807, 2.05) is 0 Å². The molecule has 0 fully saturated rings. The van der Waals surface area contributed by atoms with Crippen molar-refractivity contribution in [1.29, 1.82) is 0 Å². The van der Waals surface area contributed by atoms with Crippen molar-refractivity contribution in [1.82, 2.24) is 5.32 Å². The Morgan fingerprint density at radius 1 is 1.31 bits per heavy atom. The molecule has 1 atom stereocenters. The molecular formula is C14H20BrN. The molecule has 0 saturated carbocycles. The molecule has 1 aromatic rings. The van der Waals surface area contributed by atoms with Crippen LogP contribution in [0.4, 0.5) is 0 Å². The Balaban J connectivity index is 2.58. The van der Waals surface area contributed by atoms with Gasteiger partial charge in [-0.25, -0.2) is 0 Å². The Morgan fingerprint density at radius 3 is 2.44 bits per heavy atom. The summed E-state index contributed by atoms with van der Waals surface area (Å²) in [5.74, 6) is 1.20. The maximum atomic E-state index is 3.82. The number of hydrogen-bond donors (Lipinski definition) is 1. The van der Waals surface area contributed by atoms with Gasteiger partial charge in [0, 0.05) is 17.6 Å². The van der Waals surface area contributed by atoms with Crippen LogP contribution in [0, 0.1) is 5.92 Å². The van der Waals surface area contributed by atoms with Crippen LogP contribution in [-0.2, 0) is 0 Å². The molecule has 0 spiro atoms. The van der Waals surface area contributed by atoms with Crippen molar-refractivity contribution in [3.05, 3.63) is 47.0 Å². The van der Waals surface area contributed by atoms with Crippen molar-refractivity contribution in [2.45, 2.75) is 19.8 Å². The number of nitrogens with one attached hydrogen (secondary N) is 1. The summed E-state index contributed by atoms with van der Waals surface area (Å²) in [7, 11) is 0. The predicted molar refractivity (Wildman–Crippen MR) is 75.0 cm³/mol. The van der Waals surface area contributed by atoms with Crippen LogP contribution in [0.25, 0.3) is 0 Å². The highest BCUT2D eigenvalue weighted by atomic mass is 79.9. The zero-order valence-electron chi connectivity index (χ0n) is 10.0. The minimum Gasteiger partial charge on any atom is -0.312 e. The molecular weight excluding hydrogens is 262 g/mol. The van der Waals surface area contributed by atoms with Gasteiger partial charge in [0.25, 0.3) is 0 Å². The normalized spacial score (nSPS) is 12.8. The summed E-state index contributed by atoms with van der Waals surface area (Å²) in [5.41, 5.74) is 1.41. The highest BCUT2D eigenvalue weighted by Gasteiger charge is 2.14. The van der Waals surface area contributed by atoms with Crippen LogP contribution in [0.1, 0.15) is 25.3 Å². The molecule has 88 valence electrons. The van der Waals surface area contributed by atoms with Gasteiger partial charge in [-0.05, 0) is 17.4 Å². The molecule has 1 N–H and O–H groups in total. The molecule has 0 aliphatic rings. The van der Waals surface area contributed by atoms with E-state index in [0.29, 0.717) is 11.8 Å². The van der Waals surface area contributed by atoms with E-state index in [0.717, 1.165) is 17.6 Å². The molecule has 0 amide bonds. The molecule has 2 heteroatoms. The molecule has 0 radical (unpaired) electrons. The molecule has 0 aliphatic carbocycles. The van der Waals surface area contributed by atoms with Crippen LogP contribution in [0.15, 0.2) is 41.4 Å². The first kappa shape index (κ1) is 13.5. The summed E-state index contributed by atoms with van der Waals surface area (Å²) in [5, 5.41) is 3.42. The Kier molecular flexibility index (Phi) is 5.78. The number of hydrogen-bond acceptors (Lipinski definition) is 1. The SMILES string of the molecule is C=C(Br)CNCC(c1ccccc1)C(C)C. The van der Waals surface area contributed by atoms with Crippen molar-refractivity contribution < 1.29 is 0 Å². The summed E-state index contributed by atoms with van der Waals surface area (Å²) in [6.07, 6.45) is 0. The second kappa shape index (κ2) is 6.87. The van der Waals surface area contributed by atoms with Gasteiger partial charge in [0.05, 0.1) is 0 Å². The third-order valence-electron chi connectivity index (χ3n) is 2.71. The molecule has 1 aromatic carbocycles. The van der Waals surface area contributed by atoms with E-state index in [-0.39, 0.29) is 0 Å². The average Bonchev–Trinajstić information content (AvgIpc) is 2.25. The van der Waals surface area contributed by atoms with E-state index in [1.165, 1.54) is 5.56 Å². The van der Waals surface area contributed by atoms with Crippen LogP contribution in [-0.4, -0.2) is 13.1 Å². The summed E-state index contributed by atoms with van der Waals surface area (Å²) < 4.78 is 1.00. The van der Waals surface area contributed by atoms with Gasteiger partial charge < -0.3 is 5.32 Å². The van der Waals surface area contributed by atoms with E-state index in [4.69, 9.17) is 0 Å². The molecule has 0 aliphatic heterocycles. The highest BCUT2D eigenvalue weighted by molar-refractivity contribution is 9.11. The van der Waals surface area contributed by atoms with Crippen LogP contribution in [0.5, 0.6) is 0 Å². The summed E-state index contributed by atoms with van der Waals surface area (Å²) in [4.78, 5) is 0. The Hall–Kier alpha value is -0.600. The maximum Gasteiger partial charge on any atom is 0.0265 e. The van der Waals surface area contributed by atoms with Crippen molar-refractivity contribution >= 4 is 15.9 Å². The Bertz CT molecular complexity index is 319. The highest BCUT2D eigenvalue weighted by Crippen LogP contribution is 2.23. The third-order valence-corrected chi connectivity index (χ3v) is 2.99. The largest absolute Gasteiger partial charge is 0.312 e. The number of rotatable bonds is 6. The quantitative estimate of drug-likeness (QED) is 0.833. The van der Waals surface area contributed by atoms with Crippen molar-refractivity contribution in [2.75, 3.05) is 13.1 Å². The predicted octanol–water partition coefficient (Wildman–Crippen LogP) is 3.92. The minimum atomic E-state index is 0.563. The fourth-order valence-electron chi connectivity index (χ4n) is 1.80.